The molecule has 94 valence electrons. The molecule has 0 saturated heterocycles. The smallest absolute Gasteiger partial charge is 0.304 e. The molecule has 1 unspecified atom stereocenters. The quantitative estimate of drug-likeness (QED) is 0.710. The van der Waals surface area contributed by atoms with Crippen LogP contribution in [0.2, 0.25) is 0 Å². The van der Waals surface area contributed by atoms with Crippen molar-refractivity contribution in [2.45, 2.75) is 70.9 Å². The van der Waals surface area contributed by atoms with Crippen molar-refractivity contribution in [1.82, 2.24) is 5.32 Å². The van der Waals surface area contributed by atoms with Crippen LogP contribution in [0.3, 0.4) is 0 Å². The van der Waals surface area contributed by atoms with Crippen LogP contribution in [0.4, 0.5) is 0 Å². The third kappa shape index (κ3) is 4.97. The Kier molecular flexibility index (Phi) is 5.81. The standard InChI is InChI=1S/C13H25NO2/c1-10(2)12(9-13(15)16)14-11-7-5-3-4-6-8-11/h10-12,14H,3-9H2,1-2H3,(H,15,16). The highest BCUT2D eigenvalue weighted by atomic mass is 16.4. The van der Waals surface area contributed by atoms with Crippen molar-refractivity contribution in [3.8, 4) is 0 Å². The molecule has 2 N–H and O–H groups in total. The summed E-state index contributed by atoms with van der Waals surface area (Å²) in [5, 5.41) is 12.4. The lowest BCUT2D eigenvalue weighted by atomic mass is 9.98. The van der Waals surface area contributed by atoms with Crippen LogP contribution >= 0.6 is 0 Å². The molecule has 16 heavy (non-hydrogen) atoms. The Morgan fingerprint density at radius 2 is 1.81 bits per heavy atom. The highest BCUT2D eigenvalue weighted by molar-refractivity contribution is 5.67. The average Bonchev–Trinajstić information content (AvgIpc) is 2.44. The zero-order chi connectivity index (χ0) is 12.0. The monoisotopic (exact) mass is 227 g/mol. The molecule has 1 saturated carbocycles. The van der Waals surface area contributed by atoms with Crippen molar-refractivity contribution >= 4 is 5.97 Å². The SMILES string of the molecule is CC(C)C(CC(=O)O)NC1CCCCCC1. The Morgan fingerprint density at radius 1 is 1.25 bits per heavy atom. The van der Waals surface area contributed by atoms with Gasteiger partial charge in [0.05, 0.1) is 6.42 Å². The van der Waals surface area contributed by atoms with Crippen molar-refractivity contribution in [3.63, 3.8) is 0 Å². The van der Waals surface area contributed by atoms with Crippen LogP contribution < -0.4 is 5.32 Å². The van der Waals surface area contributed by atoms with E-state index in [1.807, 2.05) is 0 Å². The predicted octanol–water partition coefficient (Wildman–Crippen LogP) is 2.80. The van der Waals surface area contributed by atoms with Crippen LogP contribution in [-0.2, 0) is 4.79 Å². The van der Waals surface area contributed by atoms with Gasteiger partial charge in [0.25, 0.3) is 0 Å². The number of hydrogen-bond acceptors (Lipinski definition) is 2. The zero-order valence-corrected chi connectivity index (χ0v) is 10.5. The summed E-state index contributed by atoms with van der Waals surface area (Å²) in [6.45, 7) is 4.19. The molecule has 1 aliphatic carbocycles. The van der Waals surface area contributed by atoms with Gasteiger partial charge in [-0.1, -0.05) is 39.5 Å². The maximum atomic E-state index is 10.8. The van der Waals surface area contributed by atoms with Gasteiger partial charge < -0.3 is 10.4 Å². The number of rotatable bonds is 5. The van der Waals surface area contributed by atoms with Crippen molar-refractivity contribution in [2.75, 3.05) is 0 Å². The van der Waals surface area contributed by atoms with Crippen molar-refractivity contribution in [2.24, 2.45) is 5.92 Å². The summed E-state index contributed by atoms with van der Waals surface area (Å²) in [5.41, 5.74) is 0. The predicted molar refractivity (Wildman–Crippen MR) is 65.5 cm³/mol. The first-order chi connectivity index (χ1) is 7.59. The van der Waals surface area contributed by atoms with Gasteiger partial charge in [-0.3, -0.25) is 4.79 Å². The maximum absolute atomic E-state index is 10.8. The minimum atomic E-state index is -0.695. The van der Waals surface area contributed by atoms with Gasteiger partial charge in [0, 0.05) is 12.1 Å². The van der Waals surface area contributed by atoms with Crippen molar-refractivity contribution in [1.29, 1.82) is 0 Å². The average molecular weight is 227 g/mol. The Balaban J connectivity index is 2.42. The summed E-state index contributed by atoms with van der Waals surface area (Å²) >= 11 is 0. The normalized spacial score (nSPS) is 20.7. The molecule has 1 atom stereocenters. The number of carboxylic acid groups (broad SMARTS) is 1. The fourth-order valence-corrected chi connectivity index (χ4v) is 2.42. The fourth-order valence-electron chi connectivity index (χ4n) is 2.42. The minimum absolute atomic E-state index is 0.126. The summed E-state index contributed by atoms with van der Waals surface area (Å²) in [4.78, 5) is 10.8. The van der Waals surface area contributed by atoms with Gasteiger partial charge in [-0.05, 0) is 18.8 Å². The molecule has 0 aliphatic heterocycles. The number of nitrogens with one attached hydrogen (secondary N) is 1. The summed E-state index contributed by atoms with van der Waals surface area (Å²) in [7, 11) is 0. The maximum Gasteiger partial charge on any atom is 0.304 e. The highest BCUT2D eigenvalue weighted by Gasteiger charge is 2.21. The first kappa shape index (κ1) is 13.5. The van der Waals surface area contributed by atoms with E-state index in [9.17, 15) is 4.79 Å². The molecule has 0 spiro atoms. The summed E-state index contributed by atoms with van der Waals surface area (Å²) < 4.78 is 0. The molecule has 1 aliphatic rings. The molecule has 1 rings (SSSR count). The van der Waals surface area contributed by atoms with Gasteiger partial charge in [0.1, 0.15) is 0 Å². The Hall–Kier alpha value is -0.570. The summed E-state index contributed by atoms with van der Waals surface area (Å²) in [5.74, 6) is -0.306. The third-order valence-electron chi connectivity index (χ3n) is 3.50. The zero-order valence-electron chi connectivity index (χ0n) is 10.5. The summed E-state index contributed by atoms with van der Waals surface area (Å²) in [6.07, 6.45) is 7.91. The van der Waals surface area contributed by atoms with Crippen LogP contribution in [0.15, 0.2) is 0 Å². The van der Waals surface area contributed by atoms with E-state index in [4.69, 9.17) is 5.11 Å². The molecule has 3 nitrogen and oxygen atoms in total. The minimum Gasteiger partial charge on any atom is -0.481 e. The fraction of sp³-hybridized carbons (Fsp3) is 0.923. The first-order valence-electron chi connectivity index (χ1n) is 6.57. The molecule has 3 heteroatoms. The molecular formula is C13H25NO2. The molecule has 1 fully saturated rings. The number of hydrogen-bond donors (Lipinski definition) is 2. The van der Waals surface area contributed by atoms with E-state index in [0.29, 0.717) is 12.0 Å². The Morgan fingerprint density at radius 3 is 2.25 bits per heavy atom. The van der Waals surface area contributed by atoms with Crippen LogP contribution in [-0.4, -0.2) is 23.2 Å². The van der Waals surface area contributed by atoms with E-state index >= 15 is 0 Å². The van der Waals surface area contributed by atoms with Gasteiger partial charge in [-0.2, -0.15) is 0 Å². The summed E-state index contributed by atoms with van der Waals surface area (Å²) in [6, 6.07) is 0.662. The number of aliphatic carboxylic acids is 1. The number of carbonyl (C=O) groups is 1. The molecule has 0 aromatic carbocycles. The van der Waals surface area contributed by atoms with Crippen LogP contribution in [0.5, 0.6) is 0 Å². The molecular weight excluding hydrogens is 202 g/mol. The van der Waals surface area contributed by atoms with E-state index in [1.165, 1.54) is 38.5 Å². The topological polar surface area (TPSA) is 49.3 Å². The van der Waals surface area contributed by atoms with E-state index < -0.39 is 5.97 Å². The lowest BCUT2D eigenvalue weighted by Crippen LogP contribution is -2.42. The van der Waals surface area contributed by atoms with E-state index in [2.05, 4.69) is 19.2 Å². The molecule has 0 bridgehead atoms. The van der Waals surface area contributed by atoms with Gasteiger partial charge in [-0.15, -0.1) is 0 Å². The Bertz CT molecular complexity index is 208. The lowest BCUT2D eigenvalue weighted by Gasteiger charge is -2.26. The van der Waals surface area contributed by atoms with Crippen molar-refractivity contribution < 1.29 is 9.90 Å². The second kappa shape index (κ2) is 6.89. The van der Waals surface area contributed by atoms with Crippen LogP contribution in [0.1, 0.15) is 58.8 Å². The largest absolute Gasteiger partial charge is 0.481 e. The molecule has 0 aromatic heterocycles. The molecule has 0 aromatic rings. The van der Waals surface area contributed by atoms with Gasteiger partial charge in [0.15, 0.2) is 0 Å². The lowest BCUT2D eigenvalue weighted by molar-refractivity contribution is -0.137. The first-order valence-corrected chi connectivity index (χ1v) is 6.57. The van der Waals surface area contributed by atoms with Gasteiger partial charge in [-0.25, -0.2) is 0 Å². The van der Waals surface area contributed by atoms with Crippen LogP contribution in [0, 0.1) is 5.92 Å². The van der Waals surface area contributed by atoms with Crippen molar-refractivity contribution in [3.05, 3.63) is 0 Å². The van der Waals surface area contributed by atoms with Crippen LogP contribution in [0.25, 0.3) is 0 Å². The number of carboxylic acids is 1. The molecule has 0 radical (unpaired) electrons. The molecule has 0 amide bonds. The second-order valence-electron chi connectivity index (χ2n) is 5.30. The van der Waals surface area contributed by atoms with E-state index in [-0.39, 0.29) is 12.5 Å². The molecule has 0 heterocycles. The van der Waals surface area contributed by atoms with Gasteiger partial charge >= 0.3 is 5.97 Å². The third-order valence-corrected chi connectivity index (χ3v) is 3.50. The Labute approximate surface area is 98.6 Å². The van der Waals surface area contributed by atoms with E-state index in [0.717, 1.165) is 0 Å². The highest BCUT2D eigenvalue weighted by Crippen LogP contribution is 2.19. The van der Waals surface area contributed by atoms with Gasteiger partial charge in [0.2, 0.25) is 0 Å². The van der Waals surface area contributed by atoms with E-state index in [1.54, 1.807) is 0 Å². The second-order valence-corrected chi connectivity index (χ2v) is 5.30.